The summed E-state index contributed by atoms with van der Waals surface area (Å²) in [7, 11) is 0. The number of benzene rings is 1. The molecule has 1 aromatic carbocycles. The Morgan fingerprint density at radius 2 is 2.13 bits per heavy atom. The third-order valence-electron chi connectivity index (χ3n) is 3.78. The summed E-state index contributed by atoms with van der Waals surface area (Å²) in [6, 6.07) is 11.0. The van der Waals surface area contributed by atoms with Gasteiger partial charge in [0.2, 0.25) is 0 Å². The second-order valence-corrected chi connectivity index (χ2v) is 5.26. The molecule has 0 radical (unpaired) electrons. The fourth-order valence-corrected chi connectivity index (χ4v) is 2.65. The third kappa shape index (κ3) is 2.99. The van der Waals surface area contributed by atoms with Crippen molar-refractivity contribution in [2.24, 2.45) is 0 Å². The summed E-state index contributed by atoms with van der Waals surface area (Å²) in [6.45, 7) is 4.56. The predicted octanol–water partition coefficient (Wildman–Crippen LogP) is 2.20. The maximum Gasteiger partial charge on any atom is 0.270 e. The lowest BCUT2D eigenvalue weighted by Crippen LogP contribution is -2.30. The molecule has 0 atom stereocenters. The average Bonchev–Trinajstić information content (AvgIpc) is 3.03. The van der Waals surface area contributed by atoms with E-state index in [1.54, 1.807) is 17.0 Å². The van der Waals surface area contributed by atoms with Gasteiger partial charge in [0.15, 0.2) is 0 Å². The van der Waals surface area contributed by atoms with Gasteiger partial charge in [-0.15, -0.1) is 6.58 Å². The Kier molecular flexibility index (Phi) is 4.19. The molecule has 0 aliphatic carbocycles. The molecule has 0 spiro atoms. The van der Waals surface area contributed by atoms with Crippen LogP contribution in [0, 0.1) is 0 Å². The van der Waals surface area contributed by atoms with Gasteiger partial charge in [0.05, 0.1) is 0 Å². The van der Waals surface area contributed by atoms with E-state index in [4.69, 9.17) is 0 Å². The number of hydrogen-bond donors (Lipinski definition) is 1. The van der Waals surface area contributed by atoms with Crippen molar-refractivity contribution < 1.29 is 9.59 Å². The van der Waals surface area contributed by atoms with Crippen LogP contribution in [-0.4, -0.2) is 29.9 Å². The van der Waals surface area contributed by atoms with E-state index in [-0.39, 0.29) is 17.5 Å². The molecule has 0 unspecified atom stereocenters. The third-order valence-corrected chi connectivity index (χ3v) is 3.78. The average molecular weight is 307 g/mol. The molecule has 1 aromatic heterocycles. The number of carbonyl (C=O) groups is 2. The Labute approximate surface area is 134 Å². The molecule has 0 fully saturated rings. The summed E-state index contributed by atoms with van der Waals surface area (Å²) >= 11 is 0. The smallest absolute Gasteiger partial charge is 0.270 e. The van der Waals surface area contributed by atoms with Crippen LogP contribution in [-0.2, 0) is 6.42 Å². The second kappa shape index (κ2) is 6.44. The standard InChI is InChI=1S/C18H17N3O2/c1-2-9-20-17(22)15-12-14(7-10-19-15)18(23)21-11-8-13-5-3-4-6-16(13)21/h2-7,10,12H,1,8-9,11H2,(H,20,22). The molecule has 2 aromatic rings. The molecule has 2 heterocycles. The molecule has 5 nitrogen and oxygen atoms in total. The number of nitrogens with zero attached hydrogens (tertiary/aromatic N) is 2. The van der Waals surface area contributed by atoms with Gasteiger partial charge in [-0.3, -0.25) is 14.6 Å². The van der Waals surface area contributed by atoms with Crippen LogP contribution in [0.4, 0.5) is 5.69 Å². The largest absolute Gasteiger partial charge is 0.347 e. The summed E-state index contributed by atoms with van der Waals surface area (Å²) in [5.41, 5.74) is 2.79. The van der Waals surface area contributed by atoms with Gasteiger partial charge in [-0.05, 0) is 30.2 Å². The summed E-state index contributed by atoms with van der Waals surface area (Å²) < 4.78 is 0. The van der Waals surface area contributed by atoms with Gasteiger partial charge in [-0.1, -0.05) is 24.3 Å². The highest BCUT2D eigenvalue weighted by Crippen LogP contribution is 2.28. The van der Waals surface area contributed by atoms with Crippen LogP contribution in [0.15, 0.2) is 55.3 Å². The van der Waals surface area contributed by atoms with E-state index in [9.17, 15) is 9.59 Å². The van der Waals surface area contributed by atoms with Crippen LogP contribution >= 0.6 is 0 Å². The molecule has 0 saturated heterocycles. The number of aromatic nitrogens is 1. The number of pyridine rings is 1. The molecule has 116 valence electrons. The van der Waals surface area contributed by atoms with Crippen molar-refractivity contribution in [2.45, 2.75) is 6.42 Å². The highest BCUT2D eigenvalue weighted by Gasteiger charge is 2.25. The molecule has 2 amide bonds. The Hall–Kier alpha value is -2.95. The lowest BCUT2D eigenvalue weighted by atomic mass is 10.1. The predicted molar refractivity (Wildman–Crippen MR) is 88.6 cm³/mol. The minimum atomic E-state index is -0.318. The number of fused-ring (bicyclic) bond motifs is 1. The maximum absolute atomic E-state index is 12.7. The molecule has 5 heteroatoms. The molecule has 3 rings (SSSR count). The quantitative estimate of drug-likeness (QED) is 0.881. The van der Waals surface area contributed by atoms with Gasteiger partial charge < -0.3 is 10.2 Å². The molecule has 0 bridgehead atoms. The summed E-state index contributed by atoms with van der Waals surface area (Å²) in [4.78, 5) is 30.5. The topological polar surface area (TPSA) is 62.3 Å². The Bertz CT molecular complexity index is 770. The van der Waals surface area contributed by atoms with Crippen molar-refractivity contribution >= 4 is 17.5 Å². The number of anilines is 1. The van der Waals surface area contributed by atoms with E-state index in [1.807, 2.05) is 24.3 Å². The van der Waals surface area contributed by atoms with Gasteiger partial charge in [0.25, 0.3) is 11.8 Å². The highest BCUT2D eigenvalue weighted by atomic mass is 16.2. The van der Waals surface area contributed by atoms with Crippen molar-refractivity contribution in [1.29, 1.82) is 0 Å². The van der Waals surface area contributed by atoms with Crippen molar-refractivity contribution in [3.8, 4) is 0 Å². The maximum atomic E-state index is 12.7. The molecular formula is C18H17N3O2. The number of nitrogens with one attached hydrogen (secondary N) is 1. The van der Waals surface area contributed by atoms with Crippen molar-refractivity contribution in [3.05, 3.63) is 72.1 Å². The molecular weight excluding hydrogens is 290 g/mol. The number of para-hydroxylation sites is 1. The zero-order valence-corrected chi connectivity index (χ0v) is 12.7. The lowest BCUT2D eigenvalue weighted by molar-refractivity contribution is 0.0953. The number of hydrogen-bond acceptors (Lipinski definition) is 3. The van der Waals surface area contributed by atoms with Gasteiger partial charge in [0, 0.05) is 30.5 Å². The number of carbonyl (C=O) groups excluding carboxylic acids is 2. The minimum absolute atomic E-state index is 0.116. The van der Waals surface area contributed by atoms with Crippen LogP contribution < -0.4 is 10.2 Å². The first-order valence-corrected chi connectivity index (χ1v) is 7.45. The molecule has 0 saturated carbocycles. The normalized spacial score (nSPS) is 12.6. The van der Waals surface area contributed by atoms with Crippen LogP contribution in [0.2, 0.25) is 0 Å². The van der Waals surface area contributed by atoms with Gasteiger partial charge in [-0.2, -0.15) is 0 Å². The molecule has 1 aliphatic rings. The van der Waals surface area contributed by atoms with Gasteiger partial charge in [-0.25, -0.2) is 0 Å². The Morgan fingerprint density at radius 1 is 1.30 bits per heavy atom. The van der Waals surface area contributed by atoms with Crippen molar-refractivity contribution in [1.82, 2.24) is 10.3 Å². The van der Waals surface area contributed by atoms with E-state index in [1.165, 1.54) is 17.8 Å². The monoisotopic (exact) mass is 307 g/mol. The van der Waals surface area contributed by atoms with Gasteiger partial charge >= 0.3 is 0 Å². The first-order valence-electron chi connectivity index (χ1n) is 7.45. The lowest BCUT2D eigenvalue weighted by Gasteiger charge is -2.17. The molecule has 1 aliphatic heterocycles. The van der Waals surface area contributed by atoms with E-state index >= 15 is 0 Å². The minimum Gasteiger partial charge on any atom is -0.347 e. The zero-order chi connectivity index (χ0) is 16.2. The van der Waals surface area contributed by atoms with E-state index in [0.29, 0.717) is 18.7 Å². The Balaban J connectivity index is 1.84. The zero-order valence-electron chi connectivity index (χ0n) is 12.7. The second-order valence-electron chi connectivity index (χ2n) is 5.26. The summed E-state index contributed by atoms with van der Waals surface area (Å²) in [6.07, 6.45) is 3.92. The van der Waals surface area contributed by atoms with Gasteiger partial charge in [0.1, 0.15) is 5.69 Å². The summed E-state index contributed by atoms with van der Waals surface area (Å²) in [5.74, 6) is -0.434. The summed E-state index contributed by atoms with van der Waals surface area (Å²) in [5, 5.41) is 2.66. The van der Waals surface area contributed by atoms with Crippen LogP contribution in [0.1, 0.15) is 26.4 Å². The van der Waals surface area contributed by atoms with Crippen LogP contribution in [0.3, 0.4) is 0 Å². The van der Waals surface area contributed by atoms with E-state index in [0.717, 1.165) is 12.1 Å². The fraction of sp³-hybridized carbons (Fsp3) is 0.167. The van der Waals surface area contributed by atoms with Crippen LogP contribution in [0.5, 0.6) is 0 Å². The SMILES string of the molecule is C=CCNC(=O)c1cc(C(=O)N2CCc3ccccc32)ccn1. The molecule has 1 N–H and O–H groups in total. The van der Waals surface area contributed by atoms with E-state index < -0.39 is 0 Å². The van der Waals surface area contributed by atoms with Crippen molar-refractivity contribution in [3.63, 3.8) is 0 Å². The first kappa shape index (κ1) is 15.0. The molecule has 23 heavy (non-hydrogen) atoms. The van der Waals surface area contributed by atoms with Crippen molar-refractivity contribution in [2.75, 3.05) is 18.0 Å². The number of rotatable bonds is 4. The number of amides is 2. The highest BCUT2D eigenvalue weighted by molar-refractivity contribution is 6.08. The van der Waals surface area contributed by atoms with E-state index in [2.05, 4.69) is 16.9 Å². The Morgan fingerprint density at radius 3 is 2.96 bits per heavy atom. The van der Waals surface area contributed by atoms with Crippen LogP contribution in [0.25, 0.3) is 0 Å². The fourth-order valence-electron chi connectivity index (χ4n) is 2.65. The first-order chi connectivity index (χ1) is 11.2.